The van der Waals surface area contributed by atoms with E-state index >= 15 is 0 Å². The van der Waals surface area contributed by atoms with E-state index in [1.54, 1.807) is 6.92 Å². The summed E-state index contributed by atoms with van der Waals surface area (Å²) in [4.78, 5) is 24.9. The highest BCUT2D eigenvalue weighted by atomic mass is 79.9. The molecule has 29 heavy (non-hydrogen) atoms. The molecule has 1 amide bonds. The lowest BCUT2D eigenvalue weighted by Gasteiger charge is -2.15. The van der Waals surface area contributed by atoms with Crippen molar-refractivity contribution in [3.8, 4) is 0 Å². The first-order chi connectivity index (χ1) is 13.3. The highest BCUT2D eigenvalue weighted by molar-refractivity contribution is 9.11. The summed E-state index contributed by atoms with van der Waals surface area (Å²) < 4.78 is 82.6. The number of anilines is 1. The zero-order chi connectivity index (χ0) is 22.4. The van der Waals surface area contributed by atoms with Gasteiger partial charge in [0, 0.05) is 12.6 Å². The normalized spacial score (nSPS) is 13.6. The summed E-state index contributed by atoms with van der Waals surface area (Å²) in [5.74, 6) is -2.14. The first kappa shape index (κ1) is 24.5. The summed E-state index contributed by atoms with van der Waals surface area (Å²) in [7, 11) is 0. The smallest absolute Gasteiger partial charge is 0.416 e. The molecule has 1 N–H and O–H groups in total. The molecule has 1 aromatic rings. The van der Waals surface area contributed by atoms with Crippen molar-refractivity contribution >= 4 is 33.5 Å². The number of ether oxygens (including phenoxy) is 1. The van der Waals surface area contributed by atoms with Crippen LogP contribution in [0.25, 0.3) is 0 Å². The number of rotatable bonds is 5. The van der Waals surface area contributed by atoms with E-state index in [1.165, 1.54) is 17.1 Å². The van der Waals surface area contributed by atoms with Crippen molar-refractivity contribution in [2.75, 3.05) is 5.32 Å². The third kappa shape index (κ3) is 7.41. The Bertz CT molecular complexity index is 837. The number of carbonyl (C=O) groups is 2. The van der Waals surface area contributed by atoms with E-state index in [9.17, 15) is 35.9 Å². The van der Waals surface area contributed by atoms with Gasteiger partial charge in [-0.05, 0) is 42.3 Å². The van der Waals surface area contributed by atoms with E-state index in [-0.39, 0.29) is 17.4 Å². The number of benzene rings is 1. The molecule has 0 atom stereocenters. The SMILES string of the molecule is C\C=C/C(OC(C)=O)=C(\C=C\Br)C(=O)Nc1cc(C(F)(F)F)cc(C(F)(F)F)c1. The van der Waals surface area contributed by atoms with Crippen molar-refractivity contribution < 1.29 is 40.7 Å². The van der Waals surface area contributed by atoms with Crippen LogP contribution in [0.5, 0.6) is 0 Å². The van der Waals surface area contributed by atoms with Crippen LogP contribution in [0, 0.1) is 0 Å². The average Bonchev–Trinajstić information content (AvgIpc) is 2.57. The molecule has 158 valence electrons. The lowest BCUT2D eigenvalue weighted by molar-refractivity contribution is -0.143. The van der Waals surface area contributed by atoms with Gasteiger partial charge in [-0.25, -0.2) is 0 Å². The molecule has 0 radical (unpaired) electrons. The number of hydrogen-bond donors (Lipinski definition) is 1. The molecule has 1 rings (SSSR count). The predicted molar refractivity (Wildman–Crippen MR) is 96.7 cm³/mol. The Kier molecular flexibility index (Phi) is 8.25. The minimum atomic E-state index is -5.07. The molecule has 0 unspecified atom stereocenters. The largest absolute Gasteiger partial charge is 0.426 e. The van der Waals surface area contributed by atoms with Gasteiger partial charge < -0.3 is 10.1 Å². The predicted octanol–water partition coefficient (Wildman–Crippen LogP) is 5.96. The lowest BCUT2D eigenvalue weighted by atomic mass is 10.1. The summed E-state index contributed by atoms with van der Waals surface area (Å²) in [6.45, 7) is 2.60. The molecule has 1 aromatic carbocycles. The van der Waals surface area contributed by atoms with Crippen LogP contribution in [-0.2, 0) is 26.7 Å². The average molecular weight is 486 g/mol. The van der Waals surface area contributed by atoms with Crippen LogP contribution < -0.4 is 5.32 Å². The number of halogens is 7. The Hall–Kier alpha value is -2.56. The van der Waals surface area contributed by atoms with Gasteiger partial charge in [-0.1, -0.05) is 22.0 Å². The second-order valence-corrected chi connectivity index (χ2v) is 5.94. The molecule has 0 aliphatic heterocycles. The van der Waals surface area contributed by atoms with Gasteiger partial charge in [-0.3, -0.25) is 9.59 Å². The molecular weight excluding hydrogens is 472 g/mol. The second kappa shape index (κ2) is 9.77. The van der Waals surface area contributed by atoms with Crippen LogP contribution in [0.15, 0.2) is 52.7 Å². The molecule has 11 heteroatoms. The topological polar surface area (TPSA) is 55.4 Å². The summed E-state index contributed by atoms with van der Waals surface area (Å²) >= 11 is 2.91. The molecule has 0 fully saturated rings. The number of alkyl halides is 6. The van der Waals surface area contributed by atoms with Gasteiger partial charge in [0.15, 0.2) is 0 Å². The number of allylic oxidation sites excluding steroid dienone is 2. The monoisotopic (exact) mass is 485 g/mol. The van der Waals surface area contributed by atoms with Gasteiger partial charge in [0.25, 0.3) is 5.91 Å². The molecule has 0 aliphatic rings. The lowest BCUT2D eigenvalue weighted by Crippen LogP contribution is -2.18. The van der Waals surface area contributed by atoms with Crippen LogP contribution in [0.4, 0.5) is 32.0 Å². The molecule has 0 aromatic heterocycles. The minimum absolute atomic E-state index is 0.0606. The van der Waals surface area contributed by atoms with Gasteiger partial charge in [0.1, 0.15) is 5.76 Å². The highest BCUT2D eigenvalue weighted by Crippen LogP contribution is 2.37. The molecule has 0 bridgehead atoms. The molecule has 0 heterocycles. The first-order valence-electron chi connectivity index (χ1n) is 7.72. The van der Waals surface area contributed by atoms with E-state index in [1.807, 2.05) is 5.32 Å². The van der Waals surface area contributed by atoms with Gasteiger partial charge >= 0.3 is 18.3 Å². The van der Waals surface area contributed by atoms with Crippen molar-refractivity contribution in [1.82, 2.24) is 0 Å². The van der Waals surface area contributed by atoms with Crippen LogP contribution in [0.1, 0.15) is 25.0 Å². The Morgan fingerprint density at radius 1 is 1.00 bits per heavy atom. The van der Waals surface area contributed by atoms with Gasteiger partial charge in [0.05, 0.1) is 16.7 Å². The zero-order valence-corrected chi connectivity index (χ0v) is 16.5. The van der Waals surface area contributed by atoms with E-state index in [4.69, 9.17) is 4.74 Å². The van der Waals surface area contributed by atoms with Crippen LogP contribution >= 0.6 is 15.9 Å². The number of amides is 1. The van der Waals surface area contributed by atoms with Gasteiger partial charge in [-0.2, -0.15) is 26.3 Å². The Morgan fingerprint density at radius 2 is 1.52 bits per heavy atom. The highest BCUT2D eigenvalue weighted by Gasteiger charge is 2.37. The van der Waals surface area contributed by atoms with Gasteiger partial charge in [-0.15, -0.1) is 0 Å². The van der Waals surface area contributed by atoms with Crippen LogP contribution in [0.3, 0.4) is 0 Å². The third-order valence-electron chi connectivity index (χ3n) is 3.16. The molecule has 4 nitrogen and oxygen atoms in total. The Balaban J connectivity index is 3.49. The van der Waals surface area contributed by atoms with Gasteiger partial charge in [0.2, 0.25) is 0 Å². The zero-order valence-electron chi connectivity index (χ0n) is 14.9. The van der Waals surface area contributed by atoms with Crippen molar-refractivity contribution in [2.24, 2.45) is 0 Å². The molecule has 0 saturated carbocycles. The maximum Gasteiger partial charge on any atom is 0.416 e. The van der Waals surface area contributed by atoms with Crippen LogP contribution in [-0.4, -0.2) is 11.9 Å². The first-order valence-corrected chi connectivity index (χ1v) is 8.64. The minimum Gasteiger partial charge on any atom is -0.426 e. The molecule has 0 spiro atoms. The Morgan fingerprint density at radius 3 is 1.90 bits per heavy atom. The summed E-state index contributed by atoms with van der Waals surface area (Å²) in [6, 6.07) is 0.669. The van der Waals surface area contributed by atoms with Crippen molar-refractivity contribution in [3.05, 3.63) is 63.9 Å². The fourth-order valence-electron chi connectivity index (χ4n) is 2.04. The summed E-state index contributed by atoms with van der Waals surface area (Å²) in [6.07, 6.45) is -6.37. The van der Waals surface area contributed by atoms with E-state index < -0.39 is 41.0 Å². The van der Waals surface area contributed by atoms with Crippen molar-refractivity contribution in [3.63, 3.8) is 0 Å². The van der Waals surface area contributed by atoms with Crippen molar-refractivity contribution in [1.29, 1.82) is 0 Å². The third-order valence-corrected chi connectivity index (χ3v) is 3.42. The van der Waals surface area contributed by atoms with E-state index in [0.29, 0.717) is 12.1 Å². The number of nitrogens with one attached hydrogen (secondary N) is 1. The second-order valence-electron chi connectivity index (χ2n) is 5.41. The number of esters is 1. The maximum absolute atomic E-state index is 13.0. The molecule has 0 aliphatic carbocycles. The van der Waals surface area contributed by atoms with Crippen molar-refractivity contribution in [2.45, 2.75) is 26.2 Å². The molecule has 0 saturated heterocycles. The molecular formula is C18H14BrF6NO3. The fourth-order valence-corrected chi connectivity index (χ4v) is 2.31. The standard InChI is InChI=1S/C18H14BrF6NO3/c1-3-4-15(29-10(2)27)14(5-6-19)16(28)26-13-8-11(17(20,21)22)7-12(9-13)18(23,24)25/h3-9H,1-2H3,(H,26,28)/b4-3-,6-5+,15-14-. The van der Waals surface area contributed by atoms with E-state index in [2.05, 4.69) is 15.9 Å². The van der Waals surface area contributed by atoms with Crippen LogP contribution in [0.2, 0.25) is 0 Å². The number of hydrogen-bond acceptors (Lipinski definition) is 3. The maximum atomic E-state index is 13.0. The summed E-state index contributed by atoms with van der Waals surface area (Å²) in [5, 5.41) is 1.97. The number of carbonyl (C=O) groups excluding carboxylic acids is 2. The summed E-state index contributed by atoms with van der Waals surface area (Å²) in [5.41, 5.74) is -4.22. The Labute approximate surface area is 170 Å². The van der Waals surface area contributed by atoms with E-state index in [0.717, 1.165) is 13.0 Å². The fraction of sp³-hybridized carbons (Fsp3) is 0.222. The quantitative estimate of drug-likeness (QED) is 0.184.